The van der Waals surface area contributed by atoms with Crippen LogP contribution in [0.3, 0.4) is 0 Å². The van der Waals surface area contributed by atoms with E-state index >= 15 is 0 Å². The molecule has 0 unspecified atom stereocenters. The molecule has 144 valence electrons. The fourth-order valence-electron chi connectivity index (χ4n) is 3.42. The van der Waals surface area contributed by atoms with Crippen molar-refractivity contribution in [2.75, 3.05) is 19.8 Å². The lowest BCUT2D eigenvalue weighted by Crippen LogP contribution is -2.24. The summed E-state index contributed by atoms with van der Waals surface area (Å²) in [6.45, 7) is 1.74. The van der Waals surface area contributed by atoms with Crippen LogP contribution in [0.15, 0.2) is 12.1 Å². The van der Waals surface area contributed by atoms with Crippen LogP contribution in [0.5, 0.6) is 11.5 Å². The second-order valence-electron chi connectivity index (χ2n) is 6.88. The maximum Gasteiger partial charge on any atom is 0.251 e. The van der Waals surface area contributed by atoms with E-state index in [2.05, 4.69) is 5.32 Å². The SMILES string of the molecule is O=C(NCCCc1nc2c(s1)CCCC2)c1cc(Cl)c2c(c1)OCCCO2. The number of thiazole rings is 1. The Morgan fingerprint density at radius 3 is 2.93 bits per heavy atom. The molecule has 2 heterocycles. The van der Waals surface area contributed by atoms with Crippen LogP contribution in [-0.2, 0) is 19.3 Å². The standard InChI is InChI=1S/C20H23ClN2O3S/c21-14-11-13(12-16-19(14)26-10-4-9-25-16)20(24)22-8-3-7-18-23-15-5-1-2-6-17(15)27-18/h11-12H,1-10H2,(H,22,24). The molecular formula is C20H23ClN2O3S. The first-order chi connectivity index (χ1) is 13.2. The number of aromatic nitrogens is 1. The van der Waals surface area contributed by atoms with E-state index in [0.29, 0.717) is 41.8 Å². The van der Waals surface area contributed by atoms with E-state index in [9.17, 15) is 4.79 Å². The van der Waals surface area contributed by atoms with E-state index in [0.717, 1.165) is 25.7 Å². The molecule has 0 bridgehead atoms. The Morgan fingerprint density at radius 2 is 2.04 bits per heavy atom. The third-order valence-electron chi connectivity index (χ3n) is 4.81. The monoisotopic (exact) mass is 406 g/mol. The fourth-order valence-corrected chi connectivity index (χ4v) is 4.88. The summed E-state index contributed by atoms with van der Waals surface area (Å²) in [5, 5.41) is 4.56. The van der Waals surface area contributed by atoms with Gasteiger partial charge in [0.05, 0.1) is 28.9 Å². The zero-order chi connectivity index (χ0) is 18.6. The van der Waals surface area contributed by atoms with Gasteiger partial charge in [0, 0.05) is 29.8 Å². The van der Waals surface area contributed by atoms with E-state index in [4.69, 9.17) is 26.1 Å². The van der Waals surface area contributed by atoms with Gasteiger partial charge in [0.15, 0.2) is 11.5 Å². The summed E-state index contributed by atoms with van der Waals surface area (Å²) >= 11 is 8.10. The maximum absolute atomic E-state index is 12.5. The third kappa shape index (κ3) is 4.38. The number of fused-ring (bicyclic) bond motifs is 2. The highest BCUT2D eigenvalue weighted by atomic mass is 35.5. The van der Waals surface area contributed by atoms with Gasteiger partial charge in [0.25, 0.3) is 5.91 Å². The predicted octanol–water partition coefficient (Wildman–Crippen LogP) is 4.20. The Balaban J connectivity index is 1.31. The first-order valence-electron chi connectivity index (χ1n) is 9.55. The zero-order valence-electron chi connectivity index (χ0n) is 15.2. The number of rotatable bonds is 5. The molecule has 0 spiro atoms. The quantitative estimate of drug-likeness (QED) is 0.756. The highest BCUT2D eigenvalue weighted by Gasteiger charge is 2.18. The highest BCUT2D eigenvalue weighted by molar-refractivity contribution is 7.11. The minimum Gasteiger partial charge on any atom is -0.489 e. The maximum atomic E-state index is 12.5. The van der Waals surface area contributed by atoms with Crippen molar-refractivity contribution < 1.29 is 14.3 Å². The van der Waals surface area contributed by atoms with E-state index in [-0.39, 0.29) is 5.91 Å². The molecule has 0 radical (unpaired) electrons. The second-order valence-corrected chi connectivity index (χ2v) is 8.46. The lowest BCUT2D eigenvalue weighted by Gasteiger charge is -2.11. The second kappa shape index (κ2) is 8.48. The molecule has 0 fully saturated rings. The van der Waals surface area contributed by atoms with Crippen molar-refractivity contribution >= 4 is 28.8 Å². The minimum absolute atomic E-state index is 0.147. The van der Waals surface area contributed by atoms with Gasteiger partial charge in [-0.2, -0.15) is 0 Å². The molecule has 0 saturated carbocycles. The fraction of sp³-hybridized carbons (Fsp3) is 0.500. The average Bonchev–Trinajstić information content (AvgIpc) is 2.93. The molecule has 5 nitrogen and oxygen atoms in total. The molecule has 1 aromatic carbocycles. The summed E-state index contributed by atoms with van der Waals surface area (Å²) in [6, 6.07) is 3.34. The lowest BCUT2D eigenvalue weighted by atomic mass is 10.0. The van der Waals surface area contributed by atoms with Crippen molar-refractivity contribution in [2.45, 2.75) is 44.9 Å². The van der Waals surface area contributed by atoms with Crippen LogP contribution in [0.4, 0.5) is 0 Å². The number of nitrogens with zero attached hydrogens (tertiary/aromatic N) is 1. The lowest BCUT2D eigenvalue weighted by molar-refractivity contribution is 0.0952. The summed E-state index contributed by atoms with van der Waals surface area (Å²) in [7, 11) is 0. The van der Waals surface area contributed by atoms with Crippen molar-refractivity contribution in [3.63, 3.8) is 0 Å². The van der Waals surface area contributed by atoms with E-state index in [1.807, 2.05) is 11.3 Å². The van der Waals surface area contributed by atoms with Gasteiger partial charge in [0.2, 0.25) is 0 Å². The van der Waals surface area contributed by atoms with Crippen molar-refractivity contribution in [1.29, 1.82) is 0 Å². The van der Waals surface area contributed by atoms with Crippen LogP contribution >= 0.6 is 22.9 Å². The minimum atomic E-state index is -0.147. The molecule has 27 heavy (non-hydrogen) atoms. The largest absolute Gasteiger partial charge is 0.489 e. The van der Waals surface area contributed by atoms with Crippen LogP contribution in [0.2, 0.25) is 5.02 Å². The molecule has 1 N–H and O–H groups in total. The number of benzene rings is 1. The molecular weight excluding hydrogens is 384 g/mol. The van der Waals surface area contributed by atoms with Crippen LogP contribution in [-0.4, -0.2) is 30.6 Å². The van der Waals surface area contributed by atoms with Gasteiger partial charge in [-0.3, -0.25) is 4.79 Å². The Hall–Kier alpha value is -1.79. The van der Waals surface area contributed by atoms with Gasteiger partial charge in [-0.05, 0) is 44.2 Å². The number of halogens is 1. The topological polar surface area (TPSA) is 60.5 Å². The summed E-state index contributed by atoms with van der Waals surface area (Å²) < 4.78 is 11.2. The smallest absolute Gasteiger partial charge is 0.251 e. The first kappa shape index (κ1) is 18.6. The molecule has 0 atom stereocenters. The van der Waals surface area contributed by atoms with E-state index in [1.165, 1.54) is 34.8 Å². The van der Waals surface area contributed by atoms with Gasteiger partial charge >= 0.3 is 0 Å². The van der Waals surface area contributed by atoms with Crippen molar-refractivity contribution in [3.05, 3.63) is 38.3 Å². The van der Waals surface area contributed by atoms with Gasteiger partial charge in [-0.25, -0.2) is 4.98 Å². The molecule has 1 aliphatic carbocycles. The van der Waals surface area contributed by atoms with E-state index in [1.54, 1.807) is 12.1 Å². The number of ether oxygens (including phenoxy) is 2. The predicted molar refractivity (Wildman–Crippen MR) is 106 cm³/mol. The van der Waals surface area contributed by atoms with Crippen LogP contribution in [0.25, 0.3) is 0 Å². The van der Waals surface area contributed by atoms with Crippen molar-refractivity contribution in [2.24, 2.45) is 0 Å². The number of hydrogen-bond donors (Lipinski definition) is 1. The van der Waals surface area contributed by atoms with Gasteiger partial charge in [-0.1, -0.05) is 11.6 Å². The van der Waals surface area contributed by atoms with Crippen LogP contribution in [0.1, 0.15) is 51.6 Å². The van der Waals surface area contributed by atoms with Crippen molar-refractivity contribution in [3.8, 4) is 11.5 Å². The Bertz CT molecular complexity index is 813. The number of hydrogen-bond acceptors (Lipinski definition) is 5. The summed E-state index contributed by atoms with van der Waals surface area (Å²) in [6.07, 6.45) is 7.40. The molecule has 1 aliphatic heterocycles. The summed E-state index contributed by atoms with van der Waals surface area (Å²) in [4.78, 5) is 18.7. The highest BCUT2D eigenvalue weighted by Crippen LogP contribution is 2.38. The van der Waals surface area contributed by atoms with Crippen LogP contribution in [0, 0.1) is 0 Å². The number of aryl methyl sites for hydroxylation is 3. The first-order valence-corrected chi connectivity index (χ1v) is 10.7. The summed E-state index contributed by atoms with van der Waals surface area (Å²) in [5.41, 5.74) is 1.79. The van der Waals surface area contributed by atoms with Crippen molar-refractivity contribution in [1.82, 2.24) is 10.3 Å². The molecule has 1 amide bonds. The molecule has 2 aromatic rings. The Labute approximate surface area is 168 Å². The molecule has 1 aromatic heterocycles. The average molecular weight is 407 g/mol. The number of carbonyl (C=O) groups excluding carboxylic acids is 1. The number of amides is 1. The third-order valence-corrected chi connectivity index (χ3v) is 6.31. The van der Waals surface area contributed by atoms with Crippen LogP contribution < -0.4 is 14.8 Å². The molecule has 7 heteroatoms. The Kier molecular flexibility index (Phi) is 5.83. The zero-order valence-corrected chi connectivity index (χ0v) is 16.8. The van der Waals surface area contributed by atoms with E-state index < -0.39 is 0 Å². The molecule has 2 aliphatic rings. The normalized spacial score (nSPS) is 15.7. The van der Waals surface area contributed by atoms with Gasteiger partial charge < -0.3 is 14.8 Å². The van der Waals surface area contributed by atoms with Gasteiger partial charge in [0.1, 0.15) is 0 Å². The van der Waals surface area contributed by atoms with Gasteiger partial charge in [-0.15, -0.1) is 11.3 Å². The molecule has 4 rings (SSSR count). The Morgan fingerprint density at radius 1 is 1.19 bits per heavy atom. The molecule has 0 saturated heterocycles. The number of nitrogens with one attached hydrogen (secondary N) is 1. The number of carbonyl (C=O) groups is 1. The summed E-state index contributed by atoms with van der Waals surface area (Å²) in [5.74, 6) is 0.919.